The number of nitrogens with two attached hydrogens (primary N) is 1. The molecule has 15 heavy (non-hydrogen) atoms. The molecule has 1 aliphatic carbocycles. The van der Waals surface area contributed by atoms with E-state index in [1.807, 2.05) is 0 Å². The third-order valence-corrected chi connectivity index (χ3v) is 3.67. The number of hydrogen-bond donors (Lipinski definition) is 2. The molecule has 2 heteroatoms. The van der Waals surface area contributed by atoms with Crippen LogP contribution in [0.15, 0.2) is 0 Å². The molecule has 0 heterocycles. The molecule has 0 radical (unpaired) electrons. The van der Waals surface area contributed by atoms with Crippen molar-refractivity contribution in [1.29, 1.82) is 0 Å². The summed E-state index contributed by atoms with van der Waals surface area (Å²) in [7, 11) is 0. The van der Waals surface area contributed by atoms with E-state index >= 15 is 0 Å². The van der Waals surface area contributed by atoms with Gasteiger partial charge in [0.15, 0.2) is 0 Å². The Kier molecular flexibility index (Phi) is 6.26. The molecule has 0 spiro atoms. The average molecular weight is 212 g/mol. The van der Waals surface area contributed by atoms with Crippen LogP contribution in [0.2, 0.25) is 0 Å². The van der Waals surface area contributed by atoms with Crippen molar-refractivity contribution < 1.29 is 0 Å². The molecule has 1 fully saturated rings. The van der Waals surface area contributed by atoms with Crippen molar-refractivity contribution in [3.05, 3.63) is 0 Å². The molecule has 1 aliphatic rings. The first-order chi connectivity index (χ1) is 7.27. The summed E-state index contributed by atoms with van der Waals surface area (Å²) in [5.74, 6) is 0. The topological polar surface area (TPSA) is 38.0 Å². The largest absolute Gasteiger partial charge is 0.330 e. The van der Waals surface area contributed by atoms with Crippen molar-refractivity contribution in [3.63, 3.8) is 0 Å². The summed E-state index contributed by atoms with van der Waals surface area (Å²) in [4.78, 5) is 0. The van der Waals surface area contributed by atoms with E-state index in [1.165, 1.54) is 64.5 Å². The Labute approximate surface area is 95.0 Å². The van der Waals surface area contributed by atoms with Crippen LogP contribution in [-0.4, -0.2) is 19.6 Å². The molecule has 90 valence electrons. The lowest BCUT2D eigenvalue weighted by Crippen LogP contribution is -2.37. The fourth-order valence-electron chi connectivity index (χ4n) is 2.27. The molecule has 0 saturated heterocycles. The molecule has 0 atom stereocenters. The zero-order valence-corrected chi connectivity index (χ0v) is 10.4. The van der Waals surface area contributed by atoms with Crippen molar-refractivity contribution in [1.82, 2.24) is 5.32 Å². The highest BCUT2D eigenvalue weighted by Crippen LogP contribution is 2.39. The smallest absolute Gasteiger partial charge is 0.000516 e. The third-order valence-electron chi connectivity index (χ3n) is 3.67. The van der Waals surface area contributed by atoms with Crippen LogP contribution < -0.4 is 11.1 Å². The van der Waals surface area contributed by atoms with Gasteiger partial charge in [0.25, 0.3) is 0 Å². The molecule has 0 aromatic carbocycles. The maximum atomic E-state index is 5.45. The van der Waals surface area contributed by atoms with Gasteiger partial charge < -0.3 is 11.1 Å². The van der Waals surface area contributed by atoms with Gasteiger partial charge in [-0.1, -0.05) is 32.6 Å². The molecular formula is C13H28N2. The van der Waals surface area contributed by atoms with Crippen LogP contribution in [0.5, 0.6) is 0 Å². The highest BCUT2D eigenvalue weighted by molar-refractivity contribution is 4.84. The van der Waals surface area contributed by atoms with E-state index in [0.29, 0.717) is 5.41 Å². The van der Waals surface area contributed by atoms with Gasteiger partial charge in [0.2, 0.25) is 0 Å². The Hall–Kier alpha value is -0.0800. The Morgan fingerprint density at radius 3 is 2.33 bits per heavy atom. The number of rotatable bonds is 9. The Morgan fingerprint density at radius 2 is 1.73 bits per heavy atom. The van der Waals surface area contributed by atoms with Crippen LogP contribution in [-0.2, 0) is 0 Å². The lowest BCUT2D eigenvalue weighted by molar-refractivity contribution is 0.157. The molecule has 1 saturated carbocycles. The average Bonchev–Trinajstić information content (AvgIpc) is 2.19. The zero-order chi connectivity index (χ0) is 11.0. The maximum Gasteiger partial charge on any atom is 0.000516 e. The van der Waals surface area contributed by atoms with Gasteiger partial charge >= 0.3 is 0 Å². The molecule has 0 aliphatic heterocycles. The lowest BCUT2D eigenvalue weighted by Gasteiger charge is -2.38. The van der Waals surface area contributed by atoms with Gasteiger partial charge in [-0.15, -0.1) is 0 Å². The van der Waals surface area contributed by atoms with Gasteiger partial charge in [-0.2, -0.15) is 0 Å². The highest BCUT2D eigenvalue weighted by Gasteiger charge is 2.30. The molecule has 0 aromatic rings. The molecule has 0 aromatic heterocycles. The first-order valence-corrected chi connectivity index (χ1v) is 6.68. The quantitative estimate of drug-likeness (QED) is 0.577. The predicted molar refractivity (Wildman–Crippen MR) is 67.0 cm³/mol. The van der Waals surface area contributed by atoms with Gasteiger partial charge in [0.1, 0.15) is 0 Å². The van der Waals surface area contributed by atoms with Crippen molar-refractivity contribution in [2.75, 3.05) is 19.6 Å². The van der Waals surface area contributed by atoms with E-state index in [2.05, 4.69) is 12.2 Å². The minimum atomic E-state index is 0.638. The zero-order valence-electron chi connectivity index (χ0n) is 10.4. The van der Waals surface area contributed by atoms with Gasteiger partial charge in [-0.05, 0) is 44.2 Å². The van der Waals surface area contributed by atoms with Crippen molar-refractivity contribution in [3.8, 4) is 0 Å². The van der Waals surface area contributed by atoms with Gasteiger partial charge in [-0.3, -0.25) is 0 Å². The van der Waals surface area contributed by atoms with Crippen molar-refractivity contribution in [2.24, 2.45) is 11.1 Å². The first-order valence-electron chi connectivity index (χ1n) is 6.68. The molecule has 0 amide bonds. The van der Waals surface area contributed by atoms with Crippen LogP contribution in [0.4, 0.5) is 0 Å². The minimum absolute atomic E-state index is 0.638. The Bertz CT molecular complexity index is 153. The summed E-state index contributed by atoms with van der Waals surface area (Å²) in [5.41, 5.74) is 6.09. The molecule has 0 unspecified atom stereocenters. The van der Waals surface area contributed by atoms with Gasteiger partial charge in [0, 0.05) is 6.54 Å². The van der Waals surface area contributed by atoms with Crippen LogP contribution in [0.3, 0.4) is 0 Å². The molecule has 0 bridgehead atoms. The van der Waals surface area contributed by atoms with E-state index < -0.39 is 0 Å². The van der Waals surface area contributed by atoms with Gasteiger partial charge in [-0.25, -0.2) is 0 Å². The standard InChI is InChI=1S/C13H28N2/c1-13(8-7-9-13)12-15-11-6-4-2-3-5-10-14/h15H,2-12,14H2,1H3. The fourth-order valence-corrected chi connectivity index (χ4v) is 2.27. The summed E-state index contributed by atoms with van der Waals surface area (Å²) in [6.45, 7) is 5.70. The fraction of sp³-hybridized carbons (Fsp3) is 1.00. The summed E-state index contributed by atoms with van der Waals surface area (Å²) >= 11 is 0. The normalized spacial score (nSPS) is 18.8. The highest BCUT2D eigenvalue weighted by atomic mass is 14.9. The number of hydrogen-bond acceptors (Lipinski definition) is 2. The van der Waals surface area contributed by atoms with E-state index in [1.54, 1.807) is 0 Å². The monoisotopic (exact) mass is 212 g/mol. The summed E-state index contributed by atoms with van der Waals surface area (Å²) in [6, 6.07) is 0. The van der Waals surface area contributed by atoms with Crippen LogP contribution >= 0.6 is 0 Å². The van der Waals surface area contributed by atoms with Gasteiger partial charge in [0.05, 0.1) is 0 Å². The molecule has 1 rings (SSSR count). The summed E-state index contributed by atoms with van der Waals surface area (Å²) in [6.07, 6.45) is 10.9. The van der Waals surface area contributed by atoms with Crippen molar-refractivity contribution >= 4 is 0 Å². The van der Waals surface area contributed by atoms with Crippen molar-refractivity contribution in [2.45, 2.75) is 58.3 Å². The second kappa shape index (κ2) is 7.24. The number of unbranched alkanes of at least 4 members (excludes halogenated alkanes) is 4. The van der Waals surface area contributed by atoms with E-state index in [9.17, 15) is 0 Å². The molecule has 3 N–H and O–H groups in total. The van der Waals surface area contributed by atoms with Crippen LogP contribution in [0, 0.1) is 5.41 Å². The Morgan fingerprint density at radius 1 is 1.07 bits per heavy atom. The van der Waals surface area contributed by atoms with Crippen LogP contribution in [0.25, 0.3) is 0 Å². The summed E-state index contributed by atoms with van der Waals surface area (Å²) < 4.78 is 0. The summed E-state index contributed by atoms with van der Waals surface area (Å²) in [5, 5.41) is 3.59. The Balaban J connectivity index is 1.77. The second-order valence-corrected chi connectivity index (χ2v) is 5.40. The number of nitrogens with one attached hydrogen (secondary N) is 1. The van der Waals surface area contributed by atoms with E-state index in [-0.39, 0.29) is 0 Å². The minimum Gasteiger partial charge on any atom is -0.330 e. The lowest BCUT2D eigenvalue weighted by atomic mass is 9.70. The maximum absolute atomic E-state index is 5.45. The SMILES string of the molecule is CC1(CNCCCCCCCN)CCC1. The predicted octanol–water partition coefficient (Wildman–Crippen LogP) is 2.68. The second-order valence-electron chi connectivity index (χ2n) is 5.40. The molecule has 2 nitrogen and oxygen atoms in total. The third kappa shape index (κ3) is 5.53. The van der Waals surface area contributed by atoms with E-state index in [4.69, 9.17) is 5.73 Å². The first kappa shape index (κ1) is 13.0. The van der Waals surface area contributed by atoms with Crippen LogP contribution in [0.1, 0.15) is 58.3 Å². The molecular weight excluding hydrogens is 184 g/mol. The van der Waals surface area contributed by atoms with E-state index in [0.717, 1.165) is 6.54 Å².